The molecule has 7 nitrogen and oxygen atoms in total. The zero-order chi connectivity index (χ0) is 22.2. The summed E-state index contributed by atoms with van der Waals surface area (Å²) in [6.07, 6.45) is -4.51. The molecular formula is C20H18F3N3O4S. The van der Waals surface area contributed by atoms with E-state index in [4.69, 9.17) is 4.52 Å². The van der Waals surface area contributed by atoms with E-state index in [-0.39, 0.29) is 43.4 Å². The van der Waals surface area contributed by atoms with Gasteiger partial charge in [-0.2, -0.15) is 17.5 Å². The summed E-state index contributed by atoms with van der Waals surface area (Å²) >= 11 is 0. The Bertz CT molecular complexity index is 1200. The largest absolute Gasteiger partial charge is 0.416 e. The minimum atomic E-state index is -4.54. The highest BCUT2D eigenvalue weighted by Gasteiger charge is 2.33. The number of sulfonamides is 1. The lowest BCUT2D eigenvalue weighted by Gasteiger charge is -2.34. The van der Waals surface area contributed by atoms with Crippen LogP contribution in [0.2, 0.25) is 0 Å². The normalized spacial score (nSPS) is 16.0. The van der Waals surface area contributed by atoms with E-state index < -0.39 is 21.8 Å². The molecule has 0 bridgehead atoms. The second-order valence-corrected chi connectivity index (χ2v) is 9.05. The summed E-state index contributed by atoms with van der Waals surface area (Å²) in [5.74, 6) is -0.203. The molecule has 1 aromatic heterocycles. The van der Waals surface area contributed by atoms with Crippen LogP contribution in [0.25, 0.3) is 11.0 Å². The molecule has 2 heterocycles. The van der Waals surface area contributed by atoms with Gasteiger partial charge < -0.3 is 9.42 Å². The lowest BCUT2D eigenvalue weighted by atomic mass is 10.1. The summed E-state index contributed by atoms with van der Waals surface area (Å²) in [6, 6.07) is 10.6. The van der Waals surface area contributed by atoms with Gasteiger partial charge in [0.05, 0.1) is 16.9 Å². The number of nitrogens with zero attached hydrogens (tertiary/aromatic N) is 3. The molecule has 3 aromatic rings. The molecule has 2 aromatic carbocycles. The monoisotopic (exact) mass is 453 g/mol. The molecule has 0 aliphatic carbocycles. The molecule has 1 aliphatic heterocycles. The number of hydrogen-bond donors (Lipinski definition) is 0. The SMILES string of the molecule is O=C(Cc1noc2ccccc12)N1CCN(S(=O)(=O)c2ccc(C(F)(F)F)cc2)CC1. The van der Waals surface area contributed by atoms with E-state index in [0.29, 0.717) is 11.3 Å². The van der Waals surface area contributed by atoms with Gasteiger partial charge in [-0.15, -0.1) is 0 Å². The number of fused-ring (bicyclic) bond motifs is 1. The van der Waals surface area contributed by atoms with E-state index in [0.717, 1.165) is 29.7 Å². The second-order valence-electron chi connectivity index (χ2n) is 7.11. The van der Waals surface area contributed by atoms with Crippen molar-refractivity contribution in [3.63, 3.8) is 0 Å². The van der Waals surface area contributed by atoms with E-state index in [9.17, 15) is 26.4 Å². The van der Waals surface area contributed by atoms with E-state index in [1.165, 1.54) is 4.31 Å². The Hall–Kier alpha value is -2.92. The van der Waals surface area contributed by atoms with Crippen LogP contribution in [-0.2, 0) is 27.4 Å². The van der Waals surface area contributed by atoms with Crippen LogP contribution in [0.4, 0.5) is 13.2 Å². The molecule has 0 radical (unpaired) electrons. The van der Waals surface area contributed by atoms with E-state index >= 15 is 0 Å². The Balaban J connectivity index is 1.40. The first kappa shape index (κ1) is 21.3. The first-order valence-electron chi connectivity index (χ1n) is 9.45. The summed E-state index contributed by atoms with van der Waals surface area (Å²) in [5.41, 5.74) is 0.181. The lowest BCUT2D eigenvalue weighted by Crippen LogP contribution is -2.50. The number of piperazine rings is 1. The molecule has 164 valence electrons. The summed E-state index contributed by atoms with van der Waals surface area (Å²) in [6.45, 7) is 0.451. The maximum absolute atomic E-state index is 12.7. The third kappa shape index (κ3) is 4.28. The van der Waals surface area contributed by atoms with E-state index in [1.807, 2.05) is 12.1 Å². The number of halogens is 3. The number of carbonyl (C=O) groups is 1. The number of amides is 1. The molecular weight excluding hydrogens is 435 g/mol. The minimum Gasteiger partial charge on any atom is -0.356 e. The predicted molar refractivity (Wildman–Crippen MR) is 104 cm³/mol. The summed E-state index contributed by atoms with van der Waals surface area (Å²) in [5, 5.41) is 4.69. The number of alkyl halides is 3. The van der Waals surface area contributed by atoms with Crippen LogP contribution >= 0.6 is 0 Å². The Morgan fingerprint density at radius 3 is 2.29 bits per heavy atom. The zero-order valence-electron chi connectivity index (χ0n) is 16.2. The maximum atomic E-state index is 12.7. The number of rotatable bonds is 4. The first-order chi connectivity index (χ1) is 14.7. The number of hydrogen-bond acceptors (Lipinski definition) is 5. The molecule has 0 N–H and O–H groups in total. The van der Waals surface area contributed by atoms with Crippen molar-refractivity contribution >= 4 is 26.9 Å². The van der Waals surface area contributed by atoms with Crippen molar-refractivity contribution in [2.24, 2.45) is 0 Å². The fraction of sp³-hybridized carbons (Fsp3) is 0.300. The van der Waals surface area contributed by atoms with Gasteiger partial charge in [0.15, 0.2) is 5.58 Å². The molecule has 1 fully saturated rings. The molecule has 11 heteroatoms. The number of aromatic nitrogens is 1. The first-order valence-corrected chi connectivity index (χ1v) is 10.9. The van der Waals surface area contributed by atoms with Crippen LogP contribution in [0.1, 0.15) is 11.3 Å². The molecule has 0 atom stereocenters. The van der Waals surface area contributed by atoms with Gasteiger partial charge in [0.25, 0.3) is 0 Å². The number of para-hydroxylation sites is 1. The van der Waals surface area contributed by atoms with Crippen molar-refractivity contribution in [2.75, 3.05) is 26.2 Å². The number of carbonyl (C=O) groups excluding carboxylic acids is 1. The minimum absolute atomic E-state index is 0.0304. The molecule has 0 spiro atoms. The average molecular weight is 453 g/mol. The van der Waals surface area contributed by atoms with Crippen molar-refractivity contribution in [2.45, 2.75) is 17.5 Å². The van der Waals surface area contributed by atoms with Crippen molar-refractivity contribution < 1.29 is 30.9 Å². The van der Waals surface area contributed by atoms with Gasteiger partial charge in [-0.05, 0) is 36.4 Å². The molecule has 4 rings (SSSR count). The van der Waals surface area contributed by atoms with Crippen LogP contribution in [-0.4, -0.2) is 54.9 Å². The third-order valence-electron chi connectivity index (χ3n) is 5.18. The average Bonchev–Trinajstić information content (AvgIpc) is 3.16. The van der Waals surface area contributed by atoms with Gasteiger partial charge in [-0.25, -0.2) is 8.42 Å². The van der Waals surface area contributed by atoms with Crippen molar-refractivity contribution in [3.8, 4) is 0 Å². The molecule has 1 saturated heterocycles. The Labute approximate surface area is 176 Å². The predicted octanol–water partition coefficient (Wildman–Crippen LogP) is 2.92. The van der Waals surface area contributed by atoms with Gasteiger partial charge in [-0.1, -0.05) is 17.3 Å². The lowest BCUT2D eigenvalue weighted by molar-refractivity contribution is -0.137. The topological polar surface area (TPSA) is 83.7 Å². The summed E-state index contributed by atoms with van der Waals surface area (Å²) < 4.78 is 70.0. The van der Waals surface area contributed by atoms with Crippen LogP contribution < -0.4 is 0 Å². The van der Waals surface area contributed by atoms with Crippen LogP contribution in [0.5, 0.6) is 0 Å². The van der Waals surface area contributed by atoms with E-state index in [2.05, 4.69) is 5.16 Å². The molecule has 31 heavy (non-hydrogen) atoms. The van der Waals surface area contributed by atoms with Gasteiger partial charge in [0, 0.05) is 31.6 Å². The Morgan fingerprint density at radius 1 is 1.00 bits per heavy atom. The quantitative estimate of drug-likeness (QED) is 0.607. The fourth-order valence-electron chi connectivity index (χ4n) is 3.46. The highest BCUT2D eigenvalue weighted by atomic mass is 32.2. The van der Waals surface area contributed by atoms with Gasteiger partial charge >= 0.3 is 6.18 Å². The Kier molecular flexibility index (Phi) is 5.48. The molecule has 0 saturated carbocycles. The summed E-state index contributed by atoms with van der Waals surface area (Å²) in [7, 11) is -3.95. The highest BCUT2D eigenvalue weighted by Crippen LogP contribution is 2.30. The third-order valence-corrected chi connectivity index (χ3v) is 7.09. The van der Waals surface area contributed by atoms with Crippen LogP contribution in [0, 0.1) is 0 Å². The second kappa shape index (κ2) is 7.97. The van der Waals surface area contributed by atoms with Crippen molar-refractivity contribution in [1.82, 2.24) is 14.4 Å². The smallest absolute Gasteiger partial charge is 0.356 e. The molecule has 1 amide bonds. The van der Waals surface area contributed by atoms with Crippen molar-refractivity contribution in [3.05, 3.63) is 59.8 Å². The number of benzene rings is 2. The van der Waals surface area contributed by atoms with Crippen LogP contribution in [0.15, 0.2) is 57.9 Å². The highest BCUT2D eigenvalue weighted by molar-refractivity contribution is 7.89. The fourth-order valence-corrected chi connectivity index (χ4v) is 4.89. The zero-order valence-corrected chi connectivity index (χ0v) is 17.0. The van der Waals surface area contributed by atoms with Gasteiger partial charge in [0.2, 0.25) is 15.9 Å². The maximum Gasteiger partial charge on any atom is 0.416 e. The summed E-state index contributed by atoms with van der Waals surface area (Å²) in [4.78, 5) is 14.0. The van der Waals surface area contributed by atoms with Crippen molar-refractivity contribution in [1.29, 1.82) is 0 Å². The molecule has 0 unspecified atom stereocenters. The van der Waals surface area contributed by atoms with Gasteiger partial charge in [-0.3, -0.25) is 4.79 Å². The standard InChI is InChI=1S/C20H18F3N3O4S/c21-20(22,23)14-5-7-15(8-6-14)31(28,29)26-11-9-25(10-12-26)19(27)13-17-16-3-1-2-4-18(16)30-24-17/h1-8H,9-13H2. The van der Waals surface area contributed by atoms with Gasteiger partial charge in [0.1, 0.15) is 5.69 Å². The Morgan fingerprint density at radius 2 is 1.65 bits per heavy atom. The van der Waals surface area contributed by atoms with Crippen LogP contribution in [0.3, 0.4) is 0 Å². The molecule has 1 aliphatic rings. The van der Waals surface area contributed by atoms with E-state index in [1.54, 1.807) is 17.0 Å².